The Bertz CT molecular complexity index is 1370. The highest BCUT2D eigenvalue weighted by Crippen LogP contribution is 2.43. The number of thiophene rings is 1. The average Bonchev–Trinajstić information content (AvgIpc) is 3.58. The van der Waals surface area contributed by atoms with Crippen LogP contribution in [0.1, 0.15) is 54.4 Å². The van der Waals surface area contributed by atoms with E-state index in [9.17, 15) is 14.4 Å². The third kappa shape index (κ3) is 6.92. The second-order valence-corrected chi connectivity index (χ2v) is 11.4. The molecule has 2 unspecified atom stereocenters. The summed E-state index contributed by atoms with van der Waals surface area (Å²) in [6.45, 7) is 4.69. The number of nitrogens with zero attached hydrogens (tertiary/aromatic N) is 2. The number of hydrogen-bond donors (Lipinski definition) is 0. The zero-order valence-electron chi connectivity index (χ0n) is 25.0. The molecule has 4 heterocycles. The van der Waals surface area contributed by atoms with E-state index < -0.39 is 24.7 Å². The van der Waals surface area contributed by atoms with Gasteiger partial charge in [0.2, 0.25) is 0 Å². The first-order valence-corrected chi connectivity index (χ1v) is 15.7. The van der Waals surface area contributed by atoms with Crippen molar-refractivity contribution in [3.8, 4) is 11.5 Å². The Kier molecular flexibility index (Phi) is 10.6. The highest BCUT2D eigenvalue weighted by atomic mass is 32.1. The number of hydrogen-bond acceptors (Lipinski definition) is 10. The topological polar surface area (TPSA) is 113 Å². The lowest BCUT2D eigenvalue weighted by Gasteiger charge is -2.42. The highest BCUT2D eigenvalue weighted by molar-refractivity contribution is 7.08. The van der Waals surface area contributed by atoms with Gasteiger partial charge in [0.15, 0.2) is 24.0 Å². The van der Waals surface area contributed by atoms with Crippen molar-refractivity contribution in [2.45, 2.75) is 57.1 Å². The molecule has 12 heteroatoms. The molecule has 1 saturated heterocycles. The van der Waals surface area contributed by atoms with E-state index in [1.165, 1.54) is 25.2 Å². The maximum Gasteiger partial charge on any atom is 0.416 e. The largest absolute Gasteiger partial charge is 0.493 e. The van der Waals surface area contributed by atoms with Gasteiger partial charge in [-0.1, -0.05) is 18.7 Å². The van der Waals surface area contributed by atoms with Crippen molar-refractivity contribution in [3.05, 3.63) is 58.8 Å². The smallest absolute Gasteiger partial charge is 0.416 e. The van der Waals surface area contributed by atoms with Crippen LogP contribution >= 0.6 is 11.3 Å². The molecule has 2 amide bonds. The van der Waals surface area contributed by atoms with Crippen molar-refractivity contribution < 1.29 is 42.8 Å². The van der Waals surface area contributed by atoms with E-state index in [0.29, 0.717) is 43.9 Å². The number of anilines is 1. The van der Waals surface area contributed by atoms with Gasteiger partial charge in [-0.3, -0.25) is 9.59 Å². The van der Waals surface area contributed by atoms with Crippen molar-refractivity contribution in [2.75, 3.05) is 45.5 Å². The van der Waals surface area contributed by atoms with Crippen molar-refractivity contribution >= 4 is 40.6 Å². The van der Waals surface area contributed by atoms with Crippen LogP contribution in [-0.2, 0) is 23.7 Å². The Hall–Kier alpha value is -3.87. The molecule has 11 nitrogen and oxygen atoms in total. The molecule has 3 atom stereocenters. The number of carbonyl (C=O) groups excluding carboxylic acids is 3. The molecule has 0 aliphatic carbocycles. The van der Waals surface area contributed by atoms with Crippen LogP contribution in [0, 0.1) is 0 Å². The van der Waals surface area contributed by atoms with Gasteiger partial charge < -0.3 is 33.3 Å². The van der Waals surface area contributed by atoms with Gasteiger partial charge in [-0.2, -0.15) is 11.3 Å². The molecular weight excluding hydrogens is 588 g/mol. The molecule has 0 radical (unpaired) electrons. The molecule has 3 aliphatic rings. The van der Waals surface area contributed by atoms with Gasteiger partial charge >= 0.3 is 12.1 Å². The van der Waals surface area contributed by atoms with E-state index in [-0.39, 0.29) is 42.8 Å². The summed E-state index contributed by atoms with van der Waals surface area (Å²) in [7, 11) is 2.81. The van der Waals surface area contributed by atoms with Gasteiger partial charge in [0, 0.05) is 25.6 Å². The number of methoxy groups -OCH3 is 2. The minimum Gasteiger partial charge on any atom is -0.493 e. The Morgan fingerprint density at radius 1 is 1.20 bits per heavy atom. The van der Waals surface area contributed by atoms with Gasteiger partial charge in [0.25, 0.3) is 5.91 Å². The molecule has 0 saturated carbocycles. The average molecular weight is 627 g/mol. The van der Waals surface area contributed by atoms with Gasteiger partial charge in [-0.05, 0) is 66.1 Å². The van der Waals surface area contributed by atoms with Crippen molar-refractivity contribution in [1.82, 2.24) is 4.90 Å². The minimum absolute atomic E-state index is 0.0350. The maximum atomic E-state index is 14.3. The molecule has 2 aromatic rings. The van der Waals surface area contributed by atoms with Gasteiger partial charge in [-0.15, -0.1) is 0 Å². The normalized spacial score (nSPS) is 21.4. The Balaban J connectivity index is 1.59. The number of benzene rings is 1. The first kappa shape index (κ1) is 31.6. The van der Waals surface area contributed by atoms with Crippen molar-refractivity contribution in [2.24, 2.45) is 0 Å². The van der Waals surface area contributed by atoms with Crippen LogP contribution in [-0.4, -0.2) is 82.0 Å². The number of esters is 1. The Morgan fingerprint density at radius 2 is 2.07 bits per heavy atom. The quantitative estimate of drug-likeness (QED) is 0.184. The zero-order valence-corrected chi connectivity index (χ0v) is 25.8. The summed E-state index contributed by atoms with van der Waals surface area (Å²) < 4.78 is 34.5. The van der Waals surface area contributed by atoms with E-state index >= 15 is 0 Å². The number of ether oxygens (including phenoxy) is 6. The maximum absolute atomic E-state index is 14.3. The molecule has 0 bridgehead atoms. The fraction of sp³-hybridized carbons (Fsp3) is 0.469. The molecule has 1 aromatic carbocycles. The SMILES string of the molecule is C=CCOC(=O)N1c2cc(OCCCC(=O)OC)c(OC)cc2C(=O)N2CC=C(c3ccsc3)C[C@H]2C1OC1CCCCO1. The molecule has 1 fully saturated rings. The lowest BCUT2D eigenvalue weighted by molar-refractivity contribution is -0.196. The summed E-state index contributed by atoms with van der Waals surface area (Å²) in [5, 5.41) is 4.08. The van der Waals surface area contributed by atoms with E-state index in [4.69, 9.17) is 28.4 Å². The van der Waals surface area contributed by atoms with Crippen LogP contribution in [0.3, 0.4) is 0 Å². The number of carbonyl (C=O) groups is 3. The van der Waals surface area contributed by atoms with Crippen LogP contribution < -0.4 is 14.4 Å². The molecule has 236 valence electrons. The predicted octanol–water partition coefficient (Wildman–Crippen LogP) is 5.40. The van der Waals surface area contributed by atoms with Crippen LogP contribution in [0.4, 0.5) is 10.5 Å². The first-order chi connectivity index (χ1) is 21.4. The predicted molar refractivity (Wildman–Crippen MR) is 164 cm³/mol. The molecule has 0 N–H and O–H groups in total. The fourth-order valence-electron chi connectivity index (χ4n) is 5.62. The van der Waals surface area contributed by atoms with Crippen LogP contribution in [0.25, 0.3) is 5.57 Å². The molecule has 1 aromatic heterocycles. The lowest BCUT2D eigenvalue weighted by Crippen LogP contribution is -2.57. The van der Waals surface area contributed by atoms with Gasteiger partial charge in [-0.25, -0.2) is 9.69 Å². The summed E-state index contributed by atoms with van der Waals surface area (Å²) in [6, 6.07) is 4.68. The van der Waals surface area contributed by atoms with Crippen LogP contribution in [0.15, 0.2) is 47.7 Å². The van der Waals surface area contributed by atoms with Gasteiger partial charge in [0.1, 0.15) is 6.61 Å². The fourth-order valence-corrected chi connectivity index (χ4v) is 6.30. The molecule has 5 rings (SSSR count). The second kappa shape index (κ2) is 14.7. The van der Waals surface area contributed by atoms with E-state index in [0.717, 1.165) is 24.0 Å². The number of amides is 2. The Morgan fingerprint density at radius 3 is 2.77 bits per heavy atom. The lowest BCUT2D eigenvalue weighted by atomic mass is 9.94. The first-order valence-electron chi connectivity index (χ1n) is 14.7. The monoisotopic (exact) mass is 626 g/mol. The van der Waals surface area contributed by atoms with Crippen LogP contribution in [0.2, 0.25) is 0 Å². The minimum atomic E-state index is -0.941. The molecule has 44 heavy (non-hydrogen) atoms. The summed E-state index contributed by atoms with van der Waals surface area (Å²) in [5.41, 5.74) is 2.64. The third-order valence-corrected chi connectivity index (χ3v) is 8.52. The van der Waals surface area contributed by atoms with Crippen LogP contribution in [0.5, 0.6) is 11.5 Å². The molecule has 3 aliphatic heterocycles. The van der Waals surface area contributed by atoms with Gasteiger partial charge in [0.05, 0.1) is 38.1 Å². The van der Waals surface area contributed by atoms with Crippen molar-refractivity contribution in [1.29, 1.82) is 0 Å². The molecular formula is C32H38N2O9S. The summed E-state index contributed by atoms with van der Waals surface area (Å²) in [4.78, 5) is 43.0. The highest BCUT2D eigenvalue weighted by Gasteiger charge is 2.47. The standard InChI is InChI=1S/C32H38N2O9S/c1-4-13-42-32(37)34-24-19-27(40-15-7-8-28(35)39-3)26(38-2)18-23(24)30(36)33-12-10-21(22-11-16-44-20-22)17-25(33)31(34)43-29-9-5-6-14-41-29/h4,10-11,16,18-20,25,29,31H,1,5-9,12-15,17H2,2-3H3/t25-,29?,31?/m0/s1. The number of fused-ring (bicyclic) bond motifs is 2. The number of rotatable bonds is 11. The Labute approximate surface area is 260 Å². The van der Waals surface area contributed by atoms with Crippen molar-refractivity contribution in [3.63, 3.8) is 0 Å². The summed E-state index contributed by atoms with van der Waals surface area (Å²) in [6.07, 6.45) is 4.85. The molecule has 0 spiro atoms. The third-order valence-electron chi connectivity index (χ3n) is 7.83. The van der Waals surface area contributed by atoms with E-state index in [1.54, 1.807) is 28.4 Å². The second-order valence-electron chi connectivity index (χ2n) is 10.6. The van der Waals surface area contributed by atoms with E-state index in [2.05, 4.69) is 12.0 Å². The van der Waals surface area contributed by atoms with E-state index in [1.807, 2.05) is 17.5 Å². The summed E-state index contributed by atoms with van der Waals surface area (Å²) >= 11 is 1.60. The zero-order chi connectivity index (χ0) is 31.1. The summed E-state index contributed by atoms with van der Waals surface area (Å²) in [5.74, 6) is -0.0118.